The predicted octanol–water partition coefficient (Wildman–Crippen LogP) is 6.03. The molecule has 0 spiro atoms. The Labute approximate surface area is 162 Å². The number of hydrogen-bond donors (Lipinski definition) is 0. The molecule has 2 aromatic rings. The van der Waals surface area contributed by atoms with E-state index < -0.39 is 0 Å². The molecule has 0 fully saturated rings. The first-order chi connectivity index (χ1) is 13.2. The second kappa shape index (κ2) is 7.71. The van der Waals surface area contributed by atoms with Crippen molar-refractivity contribution in [2.24, 2.45) is 0 Å². The van der Waals surface area contributed by atoms with Crippen LogP contribution in [0.2, 0.25) is 0 Å². The van der Waals surface area contributed by atoms with Crippen LogP contribution in [-0.4, -0.2) is 13.1 Å². The average Bonchev–Trinajstić information content (AvgIpc) is 2.75. The van der Waals surface area contributed by atoms with E-state index in [2.05, 4.69) is 115 Å². The van der Waals surface area contributed by atoms with Crippen LogP contribution in [0.3, 0.4) is 0 Å². The van der Waals surface area contributed by atoms with Crippen LogP contribution >= 0.6 is 0 Å². The molecule has 0 N–H and O–H groups in total. The number of rotatable bonds is 4. The summed E-state index contributed by atoms with van der Waals surface area (Å²) in [4.78, 5) is 4.60. The summed E-state index contributed by atoms with van der Waals surface area (Å²) in [5, 5.41) is 0. The highest BCUT2D eigenvalue weighted by Crippen LogP contribution is 2.30. The number of benzene rings is 2. The van der Waals surface area contributed by atoms with Crippen molar-refractivity contribution in [3.05, 3.63) is 108 Å². The maximum absolute atomic E-state index is 2.34. The third kappa shape index (κ3) is 3.75. The molecule has 0 saturated carbocycles. The zero-order valence-corrected chi connectivity index (χ0v) is 16.0. The molecule has 2 aromatic carbocycles. The third-order valence-corrected chi connectivity index (χ3v) is 5.17. The van der Waals surface area contributed by atoms with Crippen molar-refractivity contribution in [1.82, 2.24) is 0 Å². The maximum atomic E-state index is 2.34. The van der Waals surface area contributed by atoms with Gasteiger partial charge in [0.25, 0.3) is 0 Å². The van der Waals surface area contributed by atoms with Crippen LogP contribution in [0.4, 0.5) is 11.4 Å². The van der Waals surface area contributed by atoms with Gasteiger partial charge in [0, 0.05) is 36.9 Å². The molecule has 0 saturated heterocycles. The largest absolute Gasteiger partial charge is 0.344 e. The average molecular weight is 354 g/mol. The highest BCUT2D eigenvalue weighted by atomic mass is 15.1. The lowest BCUT2D eigenvalue weighted by Gasteiger charge is -2.28. The summed E-state index contributed by atoms with van der Waals surface area (Å²) in [6.45, 7) is 6.32. The van der Waals surface area contributed by atoms with Crippen LogP contribution in [0.1, 0.15) is 25.3 Å². The van der Waals surface area contributed by atoms with Gasteiger partial charge in [-0.05, 0) is 53.0 Å². The molecule has 136 valence electrons. The molecular formula is C25H26N2. The first-order valence-electron chi connectivity index (χ1n) is 9.67. The molecule has 2 aliphatic heterocycles. The molecule has 0 bridgehead atoms. The number of hydrogen-bond acceptors (Lipinski definition) is 2. The van der Waals surface area contributed by atoms with Gasteiger partial charge in [-0.2, -0.15) is 0 Å². The normalized spacial score (nSPS) is 16.6. The molecule has 2 aliphatic rings. The number of anilines is 2. The molecule has 0 radical (unpaired) electrons. The Hall–Kier alpha value is -3.00. The summed E-state index contributed by atoms with van der Waals surface area (Å²) in [7, 11) is 0. The van der Waals surface area contributed by atoms with E-state index in [-0.39, 0.29) is 0 Å². The summed E-state index contributed by atoms with van der Waals surface area (Å²) in [6.07, 6.45) is 13.5. The molecule has 27 heavy (non-hydrogen) atoms. The van der Waals surface area contributed by atoms with Crippen molar-refractivity contribution >= 4 is 11.4 Å². The van der Waals surface area contributed by atoms with Crippen LogP contribution in [0.5, 0.6) is 0 Å². The van der Waals surface area contributed by atoms with Gasteiger partial charge in [0.15, 0.2) is 0 Å². The van der Waals surface area contributed by atoms with Crippen LogP contribution in [0.15, 0.2) is 102 Å². The van der Waals surface area contributed by atoms with Crippen LogP contribution in [0.25, 0.3) is 0 Å². The summed E-state index contributed by atoms with van der Waals surface area (Å²) < 4.78 is 0. The van der Waals surface area contributed by atoms with Gasteiger partial charge in [0.1, 0.15) is 0 Å². The van der Waals surface area contributed by atoms with Crippen molar-refractivity contribution in [3.63, 3.8) is 0 Å². The van der Waals surface area contributed by atoms with Crippen LogP contribution < -0.4 is 9.80 Å². The first-order valence-corrected chi connectivity index (χ1v) is 9.67. The maximum Gasteiger partial charge on any atom is 0.0444 e. The van der Waals surface area contributed by atoms with Gasteiger partial charge in [-0.15, -0.1) is 0 Å². The Balaban J connectivity index is 1.46. The molecule has 2 nitrogen and oxygen atoms in total. The van der Waals surface area contributed by atoms with Gasteiger partial charge in [-0.1, -0.05) is 62.4 Å². The summed E-state index contributed by atoms with van der Waals surface area (Å²) in [5.74, 6) is 0.521. The fourth-order valence-corrected chi connectivity index (χ4v) is 3.65. The van der Waals surface area contributed by atoms with E-state index in [0.717, 1.165) is 13.1 Å². The Morgan fingerprint density at radius 3 is 1.89 bits per heavy atom. The lowest BCUT2D eigenvalue weighted by molar-refractivity contribution is 0.856. The number of nitrogens with zero attached hydrogens (tertiary/aromatic N) is 2. The molecular weight excluding hydrogens is 328 g/mol. The van der Waals surface area contributed by atoms with Crippen LogP contribution in [0, 0.1) is 0 Å². The second-order valence-electron chi connectivity index (χ2n) is 7.30. The number of para-hydroxylation sites is 2. The van der Waals surface area contributed by atoms with Gasteiger partial charge in [-0.25, -0.2) is 0 Å². The molecule has 0 amide bonds. The van der Waals surface area contributed by atoms with Gasteiger partial charge < -0.3 is 9.80 Å². The molecule has 0 unspecified atom stereocenters. The molecule has 0 atom stereocenters. The highest BCUT2D eigenvalue weighted by Gasteiger charge is 2.15. The zero-order chi connectivity index (χ0) is 18.6. The van der Waals surface area contributed by atoms with E-state index in [1.54, 1.807) is 0 Å². The molecule has 2 heteroatoms. The minimum atomic E-state index is 0.521. The smallest absolute Gasteiger partial charge is 0.0444 e. The quantitative estimate of drug-likeness (QED) is 0.661. The second-order valence-corrected chi connectivity index (χ2v) is 7.30. The molecule has 0 aliphatic carbocycles. The summed E-state index contributed by atoms with van der Waals surface area (Å²) in [5.41, 5.74) is 6.54. The Morgan fingerprint density at radius 1 is 0.704 bits per heavy atom. The summed E-state index contributed by atoms with van der Waals surface area (Å²) >= 11 is 0. The van der Waals surface area contributed by atoms with Crippen LogP contribution in [-0.2, 0) is 0 Å². The monoisotopic (exact) mass is 354 g/mol. The fourth-order valence-electron chi connectivity index (χ4n) is 3.65. The standard InChI is InChI=1S/C25H26N2/c1-20(2)24-10-6-7-11-25(24)27-18-14-22(15-19-27)21-12-16-26(17-13-21)23-8-4-3-5-9-23/h3-16,18,20H,17,19H2,1-2H3. The van der Waals surface area contributed by atoms with Crippen molar-refractivity contribution in [2.75, 3.05) is 22.9 Å². The third-order valence-electron chi connectivity index (χ3n) is 5.17. The van der Waals surface area contributed by atoms with Crippen molar-refractivity contribution in [1.29, 1.82) is 0 Å². The van der Waals surface area contributed by atoms with Crippen molar-refractivity contribution < 1.29 is 0 Å². The van der Waals surface area contributed by atoms with Crippen molar-refractivity contribution in [3.8, 4) is 0 Å². The fraction of sp³-hybridized carbons (Fsp3) is 0.200. The minimum absolute atomic E-state index is 0.521. The van der Waals surface area contributed by atoms with Gasteiger partial charge in [-0.3, -0.25) is 0 Å². The van der Waals surface area contributed by atoms with Crippen molar-refractivity contribution in [2.45, 2.75) is 19.8 Å². The lowest BCUT2D eigenvalue weighted by Crippen LogP contribution is -2.22. The first kappa shape index (κ1) is 17.4. The van der Waals surface area contributed by atoms with Gasteiger partial charge in [0.05, 0.1) is 0 Å². The van der Waals surface area contributed by atoms with E-state index in [9.17, 15) is 0 Å². The molecule has 2 heterocycles. The van der Waals surface area contributed by atoms with E-state index in [0.29, 0.717) is 5.92 Å². The zero-order valence-electron chi connectivity index (χ0n) is 16.0. The SMILES string of the molecule is CC(C)c1ccccc1N1C=CC(C2=CCN(c3ccccc3)C=C2)=CC1. The van der Waals surface area contributed by atoms with E-state index >= 15 is 0 Å². The van der Waals surface area contributed by atoms with Gasteiger partial charge in [0.2, 0.25) is 0 Å². The van der Waals surface area contributed by atoms with E-state index in [1.807, 2.05) is 0 Å². The Morgan fingerprint density at radius 2 is 1.30 bits per heavy atom. The lowest BCUT2D eigenvalue weighted by atomic mass is 9.98. The predicted molar refractivity (Wildman–Crippen MR) is 116 cm³/mol. The van der Waals surface area contributed by atoms with E-state index in [4.69, 9.17) is 0 Å². The molecule has 0 aromatic heterocycles. The number of allylic oxidation sites excluding steroid dienone is 4. The van der Waals surface area contributed by atoms with Gasteiger partial charge >= 0.3 is 0 Å². The summed E-state index contributed by atoms with van der Waals surface area (Å²) in [6, 6.07) is 19.2. The highest BCUT2D eigenvalue weighted by molar-refractivity contribution is 5.62. The topological polar surface area (TPSA) is 6.48 Å². The van der Waals surface area contributed by atoms with E-state index in [1.165, 1.54) is 28.1 Å². The Bertz CT molecular complexity index is 916. The Kier molecular flexibility index (Phi) is 4.97. The molecule has 4 rings (SSSR count). The minimum Gasteiger partial charge on any atom is -0.344 e.